The van der Waals surface area contributed by atoms with Crippen LogP contribution >= 0.6 is 0 Å². The lowest BCUT2D eigenvalue weighted by Gasteiger charge is -2.33. The third-order valence-electron chi connectivity index (χ3n) is 5.56. The minimum absolute atomic E-state index is 0.196. The van der Waals surface area contributed by atoms with Gasteiger partial charge in [0.1, 0.15) is 24.5 Å². The summed E-state index contributed by atoms with van der Waals surface area (Å²) in [5, 5.41) is 20.8. The molecular formula is C23H25N3O2. The largest absolute Gasteiger partial charge is 0.489 e. The maximum Gasteiger partial charge on any atom is 0.137 e. The van der Waals surface area contributed by atoms with Gasteiger partial charge in [0.05, 0.1) is 5.56 Å². The van der Waals surface area contributed by atoms with Gasteiger partial charge in [0.2, 0.25) is 0 Å². The quantitative estimate of drug-likeness (QED) is 0.690. The van der Waals surface area contributed by atoms with E-state index in [1.54, 1.807) is 18.2 Å². The molecule has 1 saturated heterocycles. The number of piperidine rings is 1. The number of ether oxygens (including phenoxy) is 1. The number of nitriles is 1. The van der Waals surface area contributed by atoms with Crippen LogP contribution in [0, 0.1) is 11.3 Å². The second-order valence-corrected chi connectivity index (χ2v) is 7.44. The maximum atomic E-state index is 10.4. The molecule has 0 bridgehead atoms. The number of benzene rings is 2. The van der Waals surface area contributed by atoms with Crippen molar-refractivity contribution in [2.75, 3.05) is 26.2 Å². The van der Waals surface area contributed by atoms with E-state index in [2.05, 4.69) is 46.4 Å². The zero-order valence-corrected chi connectivity index (χ0v) is 15.8. The van der Waals surface area contributed by atoms with Crippen LogP contribution in [0.2, 0.25) is 0 Å². The standard InChI is InChI=1S/C23H25N3O2/c24-13-18-5-1-4-8-23(18)28-16-19(27)15-26-11-9-17(10-12-26)21-14-25-22-7-3-2-6-20(21)22/h1-8,14,17,19,25,27H,9-12,15-16H2. The highest BCUT2D eigenvalue weighted by Crippen LogP contribution is 2.33. The number of hydrogen-bond acceptors (Lipinski definition) is 4. The summed E-state index contributed by atoms with van der Waals surface area (Å²) in [5.41, 5.74) is 3.10. The SMILES string of the molecule is N#Cc1ccccc1OCC(O)CN1CCC(c2c[nH]c3ccccc23)CC1. The molecule has 1 unspecified atom stereocenters. The number of nitrogens with zero attached hydrogens (tertiary/aromatic N) is 2. The Hall–Kier alpha value is -2.81. The maximum absolute atomic E-state index is 10.4. The number of likely N-dealkylation sites (tertiary alicyclic amines) is 1. The van der Waals surface area contributed by atoms with Crippen molar-refractivity contribution in [2.24, 2.45) is 0 Å². The molecule has 0 aliphatic carbocycles. The highest BCUT2D eigenvalue weighted by Gasteiger charge is 2.24. The molecule has 0 radical (unpaired) electrons. The lowest BCUT2D eigenvalue weighted by molar-refractivity contribution is 0.0594. The number of H-pyrrole nitrogens is 1. The second kappa shape index (κ2) is 8.47. The van der Waals surface area contributed by atoms with E-state index < -0.39 is 6.10 Å². The molecule has 2 heterocycles. The van der Waals surface area contributed by atoms with E-state index in [1.165, 1.54) is 16.5 Å². The van der Waals surface area contributed by atoms with Gasteiger partial charge >= 0.3 is 0 Å². The summed E-state index contributed by atoms with van der Waals surface area (Å²) in [7, 11) is 0. The highest BCUT2D eigenvalue weighted by atomic mass is 16.5. The molecule has 1 fully saturated rings. The van der Waals surface area contributed by atoms with Crippen molar-refractivity contribution in [3.05, 3.63) is 65.9 Å². The number of aliphatic hydroxyl groups excluding tert-OH is 1. The van der Waals surface area contributed by atoms with Crippen molar-refractivity contribution >= 4 is 10.9 Å². The van der Waals surface area contributed by atoms with Crippen LogP contribution in [0.25, 0.3) is 10.9 Å². The minimum atomic E-state index is -0.573. The molecule has 144 valence electrons. The summed E-state index contributed by atoms with van der Waals surface area (Å²) in [4.78, 5) is 5.68. The van der Waals surface area contributed by atoms with Gasteiger partial charge in [0, 0.05) is 23.6 Å². The van der Waals surface area contributed by atoms with E-state index in [9.17, 15) is 5.11 Å². The molecule has 0 saturated carbocycles. The van der Waals surface area contributed by atoms with Crippen LogP contribution in [0.1, 0.15) is 29.9 Å². The number of aromatic amines is 1. The normalized spacial score (nSPS) is 16.7. The average Bonchev–Trinajstić information content (AvgIpc) is 3.17. The van der Waals surface area contributed by atoms with Gasteiger partial charge in [0.25, 0.3) is 0 Å². The Morgan fingerprint density at radius 3 is 2.71 bits per heavy atom. The topological polar surface area (TPSA) is 72.3 Å². The molecule has 2 aromatic carbocycles. The first-order chi connectivity index (χ1) is 13.7. The number of nitrogens with one attached hydrogen (secondary N) is 1. The average molecular weight is 375 g/mol. The Balaban J connectivity index is 1.28. The second-order valence-electron chi connectivity index (χ2n) is 7.44. The van der Waals surface area contributed by atoms with Crippen molar-refractivity contribution in [1.29, 1.82) is 5.26 Å². The van der Waals surface area contributed by atoms with Crippen molar-refractivity contribution in [3.8, 4) is 11.8 Å². The molecule has 5 heteroatoms. The number of aliphatic hydroxyl groups is 1. The zero-order chi connectivity index (χ0) is 19.3. The van der Waals surface area contributed by atoms with Crippen molar-refractivity contribution in [3.63, 3.8) is 0 Å². The number of hydrogen-bond donors (Lipinski definition) is 2. The van der Waals surface area contributed by atoms with E-state index in [0.29, 0.717) is 23.8 Å². The van der Waals surface area contributed by atoms with E-state index in [1.807, 2.05) is 6.07 Å². The molecule has 0 spiro atoms. The third kappa shape index (κ3) is 4.04. The lowest BCUT2D eigenvalue weighted by atomic mass is 9.89. The van der Waals surface area contributed by atoms with Gasteiger partial charge in [0.15, 0.2) is 0 Å². The summed E-state index contributed by atoms with van der Waals surface area (Å²) < 4.78 is 5.66. The summed E-state index contributed by atoms with van der Waals surface area (Å²) in [5.74, 6) is 1.09. The number of β-amino-alcohol motifs (C(OH)–C–C–N with tert-alkyl or cyclic N) is 1. The van der Waals surface area contributed by atoms with E-state index in [-0.39, 0.29) is 6.61 Å². The predicted molar refractivity (Wildman–Crippen MR) is 109 cm³/mol. The summed E-state index contributed by atoms with van der Waals surface area (Å²) >= 11 is 0. The van der Waals surface area contributed by atoms with Crippen LogP contribution in [-0.2, 0) is 0 Å². The van der Waals surface area contributed by atoms with Crippen LogP contribution in [-0.4, -0.2) is 47.3 Å². The first-order valence-corrected chi connectivity index (χ1v) is 9.83. The van der Waals surface area contributed by atoms with Crippen LogP contribution in [0.3, 0.4) is 0 Å². The molecule has 3 aromatic rings. The predicted octanol–water partition coefficient (Wildman–Crippen LogP) is 3.66. The number of para-hydroxylation sites is 2. The van der Waals surface area contributed by atoms with Crippen molar-refractivity contribution in [1.82, 2.24) is 9.88 Å². The van der Waals surface area contributed by atoms with Gasteiger partial charge in [-0.1, -0.05) is 30.3 Å². The molecular weight excluding hydrogens is 350 g/mol. The molecule has 1 aliphatic heterocycles. The molecule has 1 aliphatic rings. The molecule has 0 amide bonds. The smallest absolute Gasteiger partial charge is 0.137 e. The van der Waals surface area contributed by atoms with Crippen LogP contribution < -0.4 is 4.74 Å². The Labute approximate surface area is 165 Å². The molecule has 28 heavy (non-hydrogen) atoms. The Morgan fingerprint density at radius 1 is 1.14 bits per heavy atom. The Kier molecular flexibility index (Phi) is 5.61. The third-order valence-corrected chi connectivity index (χ3v) is 5.56. The van der Waals surface area contributed by atoms with E-state index in [4.69, 9.17) is 10.00 Å². The number of rotatable bonds is 6. The minimum Gasteiger partial charge on any atom is -0.489 e. The monoisotopic (exact) mass is 375 g/mol. The van der Waals surface area contributed by atoms with Gasteiger partial charge in [-0.25, -0.2) is 0 Å². The summed E-state index contributed by atoms with van der Waals surface area (Å²) in [6.45, 7) is 2.72. The fraction of sp³-hybridized carbons (Fsp3) is 0.348. The molecule has 2 N–H and O–H groups in total. The van der Waals surface area contributed by atoms with Gasteiger partial charge in [-0.05, 0) is 55.6 Å². The fourth-order valence-electron chi connectivity index (χ4n) is 4.08. The molecule has 5 nitrogen and oxygen atoms in total. The first kappa shape index (κ1) is 18.5. The van der Waals surface area contributed by atoms with Crippen LogP contribution in [0.4, 0.5) is 0 Å². The Morgan fingerprint density at radius 2 is 1.89 bits per heavy atom. The Bertz CT molecular complexity index is 967. The molecule has 1 aromatic heterocycles. The molecule has 1 atom stereocenters. The van der Waals surface area contributed by atoms with Gasteiger partial charge in [-0.15, -0.1) is 0 Å². The summed E-state index contributed by atoms with van der Waals surface area (Å²) in [6, 6.07) is 17.7. The van der Waals surface area contributed by atoms with Gasteiger partial charge < -0.3 is 19.7 Å². The number of fused-ring (bicyclic) bond motifs is 1. The summed E-state index contributed by atoms with van der Waals surface area (Å²) in [6.07, 6.45) is 3.76. The number of aromatic nitrogens is 1. The van der Waals surface area contributed by atoms with Gasteiger partial charge in [-0.2, -0.15) is 5.26 Å². The van der Waals surface area contributed by atoms with E-state index >= 15 is 0 Å². The van der Waals surface area contributed by atoms with Gasteiger partial charge in [-0.3, -0.25) is 0 Å². The van der Waals surface area contributed by atoms with Crippen molar-refractivity contribution < 1.29 is 9.84 Å². The van der Waals surface area contributed by atoms with Crippen LogP contribution in [0.5, 0.6) is 5.75 Å². The molecule has 4 rings (SSSR count). The lowest BCUT2D eigenvalue weighted by Crippen LogP contribution is -2.40. The van der Waals surface area contributed by atoms with Crippen molar-refractivity contribution in [2.45, 2.75) is 24.9 Å². The fourth-order valence-corrected chi connectivity index (χ4v) is 4.08. The van der Waals surface area contributed by atoms with E-state index in [0.717, 1.165) is 25.9 Å². The first-order valence-electron chi connectivity index (χ1n) is 9.83. The van der Waals surface area contributed by atoms with Crippen LogP contribution in [0.15, 0.2) is 54.7 Å². The highest BCUT2D eigenvalue weighted by molar-refractivity contribution is 5.83. The zero-order valence-electron chi connectivity index (χ0n) is 15.8.